The predicted octanol–water partition coefficient (Wildman–Crippen LogP) is 1.96. The molecule has 2 atom stereocenters. The molecule has 3 rings (SSSR count). The first kappa shape index (κ1) is 13.7. The first-order valence-corrected chi connectivity index (χ1v) is 6.94. The summed E-state index contributed by atoms with van der Waals surface area (Å²) in [4.78, 5) is 23.0. The van der Waals surface area contributed by atoms with Gasteiger partial charge in [-0.1, -0.05) is 0 Å². The second kappa shape index (κ2) is 4.96. The van der Waals surface area contributed by atoms with Crippen LogP contribution in [0.5, 0.6) is 0 Å². The summed E-state index contributed by atoms with van der Waals surface area (Å²) in [6, 6.07) is 4.39. The molecule has 21 heavy (non-hydrogen) atoms. The van der Waals surface area contributed by atoms with E-state index in [4.69, 9.17) is 5.73 Å². The van der Waals surface area contributed by atoms with Crippen LogP contribution in [-0.2, 0) is 0 Å². The molecule has 0 spiro atoms. The molecule has 8 nitrogen and oxygen atoms in total. The molecule has 2 fully saturated rings. The van der Waals surface area contributed by atoms with Crippen LogP contribution < -0.4 is 10.6 Å². The van der Waals surface area contributed by atoms with E-state index in [9.17, 15) is 20.2 Å². The Morgan fingerprint density at radius 1 is 1.10 bits per heavy atom. The van der Waals surface area contributed by atoms with E-state index < -0.39 is 9.85 Å². The Balaban J connectivity index is 2.02. The van der Waals surface area contributed by atoms with Gasteiger partial charge >= 0.3 is 0 Å². The molecule has 1 aromatic carbocycles. The van der Waals surface area contributed by atoms with Crippen molar-refractivity contribution in [3.05, 3.63) is 38.4 Å². The molecule has 2 aliphatic heterocycles. The van der Waals surface area contributed by atoms with Crippen LogP contribution in [-0.4, -0.2) is 28.0 Å². The lowest BCUT2D eigenvalue weighted by Gasteiger charge is -2.39. The highest BCUT2D eigenvalue weighted by Gasteiger charge is 2.42. The van der Waals surface area contributed by atoms with Gasteiger partial charge in [0, 0.05) is 24.2 Å². The maximum Gasteiger partial charge on any atom is 0.299 e. The van der Waals surface area contributed by atoms with E-state index in [1.54, 1.807) is 0 Å². The van der Waals surface area contributed by atoms with Crippen molar-refractivity contribution in [2.75, 3.05) is 4.90 Å². The Morgan fingerprint density at radius 3 is 2.24 bits per heavy atom. The van der Waals surface area contributed by atoms with Crippen LogP contribution >= 0.6 is 0 Å². The van der Waals surface area contributed by atoms with Gasteiger partial charge in [0.25, 0.3) is 11.4 Å². The summed E-state index contributed by atoms with van der Waals surface area (Å²) in [5.74, 6) is 0. The summed E-state index contributed by atoms with van der Waals surface area (Å²) in [5, 5.41) is 22.1. The van der Waals surface area contributed by atoms with Crippen LogP contribution in [0.25, 0.3) is 0 Å². The summed E-state index contributed by atoms with van der Waals surface area (Å²) in [6.45, 7) is 0. The summed E-state index contributed by atoms with van der Waals surface area (Å²) in [7, 11) is 0. The average molecular weight is 292 g/mol. The topological polar surface area (TPSA) is 116 Å². The van der Waals surface area contributed by atoms with E-state index in [1.165, 1.54) is 12.1 Å². The molecule has 1 aromatic rings. The first-order chi connectivity index (χ1) is 9.97. The summed E-state index contributed by atoms with van der Waals surface area (Å²) >= 11 is 0. The minimum atomic E-state index is -0.614. The lowest BCUT2D eigenvalue weighted by Crippen LogP contribution is -2.47. The van der Waals surface area contributed by atoms with E-state index in [2.05, 4.69) is 0 Å². The fourth-order valence-electron chi connectivity index (χ4n) is 3.60. The number of nitrogens with zero attached hydrogens (tertiary/aromatic N) is 3. The third-order valence-corrected chi connectivity index (χ3v) is 4.41. The Kier molecular flexibility index (Phi) is 3.25. The van der Waals surface area contributed by atoms with Crippen molar-refractivity contribution in [1.29, 1.82) is 0 Å². The van der Waals surface area contributed by atoms with Crippen LogP contribution in [0.3, 0.4) is 0 Å². The summed E-state index contributed by atoms with van der Waals surface area (Å²) in [5.41, 5.74) is 6.03. The summed E-state index contributed by atoms with van der Waals surface area (Å²) < 4.78 is 0. The zero-order valence-electron chi connectivity index (χ0n) is 11.3. The number of nitro benzene ring substituents is 2. The molecule has 2 unspecified atom stereocenters. The highest BCUT2D eigenvalue weighted by molar-refractivity contribution is 5.68. The number of fused-ring (bicyclic) bond motifs is 2. The number of hydrogen-bond acceptors (Lipinski definition) is 6. The van der Waals surface area contributed by atoms with Gasteiger partial charge in [-0.25, -0.2) is 0 Å². The molecule has 112 valence electrons. The van der Waals surface area contributed by atoms with Gasteiger partial charge in [-0.3, -0.25) is 20.2 Å². The number of nitrogens with two attached hydrogens (primary N) is 1. The Hall–Kier alpha value is -2.22. The molecular formula is C13H16N4O4. The zero-order valence-corrected chi connectivity index (χ0v) is 11.3. The van der Waals surface area contributed by atoms with E-state index in [1.807, 2.05) is 4.90 Å². The Labute approximate surface area is 120 Å². The van der Waals surface area contributed by atoms with Gasteiger partial charge in [0.05, 0.1) is 15.9 Å². The van der Waals surface area contributed by atoms with Gasteiger partial charge in [-0.05, 0) is 31.7 Å². The molecule has 2 N–H and O–H groups in total. The lowest BCUT2D eigenvalue weighted by atomic mass is 9.97. The average Bonchev–Trinajstić information content (AvgIpc) is 2.69. The van der Waals surface area contributed by atoms with Gasteiger partial charge in [0.15, 0.2) is 0 Å². The first-order valence-electron chi connectivity index (χ1n) is 6.94. The van der Waals surface area contributed by atoms with Crippen molar-refractivity contribution in [3.63, 3.8) is 0 Å². The third kappa shape index (κ3) is 2.31. The number of non-ortho nitro benzene ring substituents is 1. The van der Waals surface area contributed by atoms with E-state index in [0.29, 0.717) is 5.69 Å². The van der Waals surface area contributed by atoms with Gasteiger partial charge in [0.1, 0.15) is 5.69 Å². The van der Waals surface area contributed by atoms with Crippen LogP contribution in [0.1, 0.15) is 25.7 Å². The fraction of sp³-hybridized carbons (Fsp3) is 0.538. The number of hydrogen-bond donors (Lipinski definition) is 1. The molecule has 0 aliphatic carbocycles. The standard InChI is InChI=1S/C13H16N4O4/c14-8-5-9-1-2-10(6-8)15(9)12-4-3-11(16(18)19)7-13(12)17(20)21/h3-4,7-10H,1-2,5-6,14H2. The third-order valence-electron chi connectivity index (χ3n) is 4.41. The minimum absolute atomic E-state index is 0.135. The number of rotatable bonds is 3. The molecule has 0 saturated carbocycles. The van der Waals surface area contributed by atoms with Crippen LogP contribution in [0.4, 0.5) is 17.1 Å². The quantitative estimate of drug-likeness (QED) is 0.672. The SMILES string of the molecule is NC1CC2CCC(C1)N2c1ccc([N+](=O)[O-])cc1[N+](=O)[O-]. The molecule has 0 amide bonds. The monoisotopic (exact) mass is 292 g/mol. The van der Waals surface area contributed by atoms with Crippen molar-refractivity contribution in [1.82, 2.24) is 0 Å². The smallest absolute Gasteiger partial charge is 0.299 e. The number of nitro groups is 2. The number of benzene rings is 1. The number of anilines is 1. The fourth-order valence-corrected chi connectivity index (χ4v) is 3.60. The zero-order chi connectivity index (χ0) is 15.1. The predicted molar refractivity (Wildman–Crippen MR) is 76.2 cm³/mol. The van der Waals surface area contributed by atoms with E-state index >= 15 is 0 Å². The summed E-state index contributed by atoms with van der Waals surface area (Å²) in [6.07, 6.45) is 3.55. The Morgan fingerprint density at radius 2 is 1.71 bits per heavy atom. The van der Waals surface area contributed by atoms with Crippen molar-refractivity contribution in [3.8, 4) is 0 Å². The van der Waals surface area contributed by atoms with Crippen LogP contribution in [0, 0.1) is 20.2 Å². The highest BCUT2D eigenvalue weighted by atomic mass is 16.6. The van der Waals surface area contributed by atoms with Crippen molar-refractivity contribution in [2.45, 2.75) is 43.8 Å². The van der Waals surface area contributed by atoms with E-state index in [0.717, 1.165) is 31.7 Å². The van der Waals surface area contributed by atoms with Gasteiger partial charge < -0.3 is 10.6 Å². The molecule has 0 radical (unpaired) electrons. The lowest BCUT2D eigenvalue weighted by molar-refractivity contribution is -0.393. The molecule has 2 bridgehead atoms. The van der Waals surface area contributed by atoms with Crippen molar-refractivity contribution < 1.29 is 9.85 Å². The van der Waals surface area contributed by atoms with Crippen molar-refractivity contribution >= 4 is 17.1 Å². The normalized spacial score (nSPS) is 27.7. The molecule has 8 heteroatoms. The Bertz CT molecular complexity index is 592. The maximum atomic E-state index is 11.3. The number of piperidine rings is 1. The second-order valence-electron chi connectivity index (χ2n) is 5.71. The van der Waals surface area contributed by atoms with Gasteiger partial charge in [0.2, 0.25) is 0 Å². The van der Waals surface area contributed by atoms with Crippen LogP contribution in [0.15, 0.2) is 18.2 Å². The highest BCUT2D eigenvalue weighted by Crippen LogP contribution is 2.43. The molecule has 2 saturated heterocycles. The second-order valence-corrected chi connectivity index (χ2v) is 5.71. The van der Waals surface area contributed by atoms with Gasteiger partial charge in [-0.15, -0.1) is 0 Å². The van der Waals surface area contributed by atoms with Crippen molar-refractivity contribution in [2.24, 2.45) is 5.73 Å². The largest absolute Gasteiger partial charge is 0.360 e. The maximum absolute atomic E-state index is 11.3. The molecule has 2 heterocycles. The molecular weight excluding hydrogens is 276 g/mol. The molecule has 0 aromatic heterocycles. The molecule has 2 aliphatic rings. The van der Waals surface area contributed by atoms with Crippen LogP contribution in [0.2, 0.25) is 0 Å². The minimum Gasteiger partial charge on any atom is -0.360 e. The van der Waals surface area contributed by atoms with Gasteiger partial charge in [-0.2, -0.15) is 0 Å². The van der Waals surface area contributed by atoms with E-state index in [-0.39, 0.29) is 29.5 Å².